The molecule has 0 saturated carbocycles. The molecule has 1 aromatic rings. The highest BCUT2D eigenvalue weighted by atomic mass is 16.6. The van der Waals surface area contributed by atoms with Crippen LogP contribution in [0.1, 0.15) is 31.7 Å². The Hall–Kier alpha value is -2.04. The Labute approximate surface area is 130 Å². The number of nitrogens with zero attached hydrogens (tertiary/aromatic N) is 2. The molecule has 2 amide bonds. The summed E-state index contributed by atoms with van der Waals surface area (Å²) in [4.78, 5) is 28.1. The number of rotatable bonds is 4. The molecule has 0 aliphatic carbocycles. The zero-order valence-electron chi connectivity index (χ0n) is 12.9. The van der Waals surface area contributed by atoms with Gasteiger partial charge in [0.1, 0.15) is 6.61 Å². The van der Waals surface area contributed by atoms with Crippen molar-refractivity contribution in [3.8, 4) is 0 Å². The van der Waals surface area contributed by atoms with Gasteiger partial charge in [0.05, 0.1) is 12.1 Å². The van der Waals surface area contributed by atoms with Gasteiger partial charge in [0, 0.05) is 19.5 Å². The van der Waals surface area contributed by atoms with E-state index < -0.39 is 0 Å². The number of hydrogen-bond acceptors (Lipinski definition) is 3. The van der Waals surface area contributed by atoms with Crippen LogP contribution in [0.3, 0.4) is 0 Å². The first kappa shape index (κ1) is 14.9. The predicted molar refractivity (Wildman–Crippen MR) is 82.1 cm³/mol. The van der Waals surface area contributed by atoms with Gasteiger partial charge in [-0.05, 0) is 25.3 Å². The van der Waals surface area contributed by atoms with Crippen LogP contribution in [0.4, 0.5) is 4.79 Å². The second-order valence-corrected chi connectivity index (χ2v) is 5.89. The average molecular weight is 302 g/mol. The van der Waals surface area contributed by atoms with Crippen molar-refractivity contribution in [2.24, 2.45) is 0 Å². The first-order valence-corrected chi connectivity index (χ1v) is 7.97. The standard InChI is InChI=1S/C17H22N2O3/c1-2-18(15-11-16(20)19-10-6-9-14(15)19)17(21)22-12-13-7-4-3-5-8-13/h3-5,7-8,14-15H,2,6,9-12H2,1H3/t14-,15-/m0/s1. The highest BCUT2D eigenvalue weighted by Crippen LogP contribution is 2.32. The molecule has 118 valence electrons. The summed E-state index contributed by atoms with van der Waals surface area (Å²) in [5, 5.41) is 0. The van der Waals surface area contributed by atoms with Gasteiger partial charge in [-0.15, -0.1) is 0 Å². The predicted octanol–water partition coefficient (Wildman–Crippen LogP) is 2.41. The topological polar surface area (TPSA) is 49.9 Å². The molecule has 2 fully saturated rings. The zero-order chi connectivity index (χ0) is 15.5. The summed E-state index contributed by atoms with van der Waals surface area (Å²) >= 11 is 0. The molecular formula is C17H22N2O3. The number of ether oxygens (including phenoxy) is 1. The van der Waals surface area contributed by atoms with Gasteiger partial charge in [-0.3, -0.25) is 4.79 Å². The molecule has 0 N–H and O–H groups in total. The molecule has 0 spiro atoms. The fourth-order valence-corrected chi connectivity index (χ4v) is 3.55. The van der Waals surface area contributed by atoms with Crippen LogP contribution in [0.15, 0.2) is 30.3 Å². The maximum absolute atomic E-state index is 12.4. The molecule has 5 heteroatoms. The van der Waals surface area contributed by atoms with E-state index in [1.807, 2.05) is 42.2 Å². The minimum Gasteiger partial charge on any atom is -0.445 e. The Kier molecular flexibility index (Phi) is 4.32. The summed E-state index contributed by atoms with van der Waals surface area (Å²) < 4.78 is 5.43. The van der Waals surface area contributed by atoms with E-state index in [2.05, 4.69) is 0 Å². The lowest BCUT2D eigenvalue weighted by Crippen LogP contribution is -2.46. The van der Waals surface area contributed by atoms with Crippen LogP contribution in [0, 0.1) is 0 Å². The van der Waals surface area contributed by atoms with Gasteiger partial charge >= 0.3 is 6.09 Å². The van der Waals surface area contributed by atoms with Crippen LogP contribution in [0.2, 0.25) is 0 Å². The van der Waals surface area contributed by atoms with Crippen LogP contribution >= 0.6 is 0 Å². The molecule has 2 aliphatic rings. The van der Waals surface area contributed by atoms with Gasteiger partial charge < -0.3 is 14.5 Å². The summed E-state index contributed by atoms with van der Waals surface area (Å²) in [5.74, 6) is 0.168. The monoisotopic (exact) mass is 302 g/mol. The van der Waals surface area contributed by atoms with Gasteiger partial charge in [-0.2, -0.15) is 0 Å². The Morgan fingerprint density at radius 1 is 1.36 bits per heavy atom. The normalized spacial score (nSPS) is 23.5. The van der Waals surface area contributed by atoms with Crippen molar-refractivity contribution >= 4 is 12.0 Å². The van der Waals surface area contributed by atoms with Crippen molar-refractivity contribution in [3.05, 3.63) is 35.9 Å². The molecule has 22 heavy (non-hydrogen) atoms. The summed E-state index contributed by atoms with van der Waals surface area (Å²) in [6.07, 6.45) is 2.12. The Morgan fingerprint density at radius 2 is 2.14 bits per heavy atom. The highest BCUT2D eigenvalue weighted by molar-refractivity contribution is 5.81. The van der Waals surface area contributed by atoms with E-state index in [9.17, 15) is 9.59 Å². The largest absolute Gasteiger partial charge is 0.445 e. The van der Waals surface area contributed by atoms with Crippen molar-refractivity contribution in [3.63, 3.8) is 0 Å². The van der Waals surface area contributed by atoms with E-state index in [0.29, 0.717) is 13.0 Å². The molecule has 0 aromatic heterocycles. The third-order valence-electron chi connectivity index (χ3n) is 4.63. The van der Waals surface area contributed by atoms with Gasteiger partial charge in [-0.25, -0.2) is 4.79 Å². The molecule has 0 unspecified atom stereocenters. The van der Waals surface area contributed by atoms with Gasteiger partial charge in [-0.1, -0.05) is 30.3 Å². The number of amides is 2. The third-order valence-corrected chi connectivity index (χ3v) is 4.63. The van der Waals surface area contributed by atoms with Crippen LogP contribution in [0.5, 0.6) is 0 Å². The third kappa shape index (κ3) is 2.80. The molecule has 2 atom stereocenters. The number of fused-ring (bicyclic) bond motifs is 1. The number of carbonyl (C=O) groups is 2. The van der Waals surface area contributed by atoms with Crippen LogP contribution in [-0.2, 0) is 16.1 Å². The molecule has 2 heterocycles. The number of carbonyl (C=O) groups excluding carboxylic acids is 2. The number of likely N-dealkylation sites (N-methyl/N-ethyl adjacent to an activating group) is 1. The number of hydrogen-bond donors (Lipinski definition) is 0. The van der Waals surface area contributed by atoms with E-state index in [1.54, 1.807) is 4.90 Å². The van der Waals surface area contributed by atoms with Gasteiger partial charge in [0.25, 0.3) is 0 Å². The van der Waals surface area contributed by atoms with E-state index in [1.165, 1.54) is 0 Å². The second kappa shape index (κ2) is 6.38. The zero-order valence-corrected chi connectivity index (χ0v) is 12.9. The van der Waals surface area contributed by atoms with Crippen molar-refractivity contribution in [1.29, 1.82) is 0 Å². The van der Waals surface area contributed by atoms with Crippen molar-refractivity contribution in [2.75, 3.05) is 13.1 Å². The minimum absolute atomic E-state index is 0.0386. The maximum atomic E-state index is 12.4. The lowest BCUT2D eigenvalue weighted by molar-refractivity contribution is -0.127. The average Bonchev–Trinajstić information content (AvgIpc) is 3.12. The molecule has 1 aromatic carbocycles. The molecule has 3 rings (SSSR count). The van der Waals surface area contributed by atoms with Gasteiger partial charge in [0.2, 0.25) is 5.91 Å². The van der Waals surface area contributed by atoms with Crippen molar-refractivity contribution < 1.29 is 14.3 Å². The van der Waals surface area contributed by atoms with E-state index in [-0.39, 0.29) is 30.7 Å². The lowest BCUT2D eigenvalue weighted by atomic mass is 10.1. The molecule has 0 bridgehead atoms. The van der Waals surface area contributed by atoms with E-state index in [4.69, 9.17) is 4.74 Å². The fraction of sp³-hybridized carbons (Fsp3) is 0.529. The summed E-state index contributed by atoms with van der Waals surface area (Å²) in [6.45, 7) is 3.60. The smallest absolute Gasteiger partial charge is 0.410 e. The quantitative estimate of drug-likeness (QED) is 0.858. The number of benzene rings is 1. The molecule has 0 radical (unpaired) electrons. The van der Waals surface area contributed by atoms with Crippen LogP contribution in [0.25, 0.3) is 0 Å². The van der Waals surface area contributed by atoms with Gasteiger partial charge in [0.15, 0.2) is 0 Å². The fourth-order valence-electron chi connectivity index (χ4n) is 3.55. The Balaban J connectivity index is 1.63. The highest BCUT2D eigenvalue weighted by Gasteiger charge is 2.46. The van der Waals surface area contributed by atoms with E-state index in [0.717, 1.165) is 24.9 Å². The first-order valence-electron chi connectivity index (χ1n) is 7.97. The molecular weight excluding hydrogens is 280 g/mol. The van der Waals surface area contributed by atoms with E-state index >= 15 is 0 Å². The van der Waals surface area contributed by atoms with Crippen molar-refractivity contribution in [2.45, 2.75) is 44.9 Å². The summed E-state index contributed by atoms with van der Waals surface area (Å²) in [5.41, 5.74) is 0.969. The van der Waals surface area contributed by atoms with Crippen molar-refractivity contribution in [1.82, 2.24) is 9.80 Å². The first-order chi connectivity index (χ1) is 10.7. The lowest BCUT2D eigenvalue weighted by Gasteiger charge is -2.30. The summed E-state index contributed by atoms with van der Waals surface area (Å²) in [6, 6.07) is 9.78. The van der Waals surface area contributed by atoms with Crippen LogP contribution < -0.4 is 0 Å². The minimum atomic E-state index is -0.321. The SMILES string of the molecule is CCN(C(=O)OCc1ccccc1)[C@H]1CC(=O)N2CCC[C@@H]12. The Bertz CT molecular complexity index is 546. The molecule has 2 aliphatic heterocycles. The Morgan fingerprint density at radius 3 is 2.86 bits per heavy atom. The molecule has 5 nitrogen and oxygen atoms in total. The van der Waals surface area contributed by atoms with Crippen LogP contribution in [-0.4, -0.2) is 47.0 Å². The molecule has 2 saturated heterocycles. The summed E-state index contributed by atoms with van der Waals surface area (Å²) in [7, 11) is 0. The second-order valence-electron chi connectivity index (χ2n) is 5.89. The maximum Gasteiger partial charge on any atom is 0.410 e.